The highest BCUT2D eigenvalue weighted by Gasteiger charge is 2.20. The number of nitrogens with one attached hydrogen (secondary N) is 1. The lowest BCUT2D eigenvalue weighted by atomic mass is 10.1. The number of hydrogen-bond acceptors (Lipinski definition) is 5. The van der Waals surface area contributed by atoms with Gasteiger partial charge in [0.05, 0.1) is 15.5 Å². The van der Waals surface area contributed by atoms with Gasteiger partial charge in [-0.05, 0) is 59.7 Å². The average molecular weight is 502 g/mol. The van der Waals surface area contributed by atoms with Crippen LogP contribution in [0.2, 0.25) is 5.02 Å². The molecule has 0 unspecified atom stereocenters. The van der Waals surface area contributed by atoms with E-state index in [2.05, 4.69) is 10.3 Å². The number of thiazole rings is 1. The van der Waals surface area contributed by atoms with Crippen LogP contribution < -0.4 is 10.5 Å². The van der Waals surface area contributed by atoms with Crippen LogP contribution in [0.15, 0.2) is 77.7 Å². The molecule has 6 nitrogen and oxygen atoms in total. The fourth-order valence-electron chi connectivity index (χ4n) is 3.07. The number of carbonyl (C=O) groups excluding carboxylic acids is 1. The van der Waals surface area contributed by atoms with E-state index in [0.717, 1.165) is 16.9 Å². The largest absolute Gasteiger partial charge is 0.346 e. The molecule has 4 aromatic rings. The molecular formula is C23H17ClFN3O3S2. The fourth-order valence-corrected chi connectivity index (χ4v) is 4.72. The Bertz CT molecular complexity index is 1400. The smallest absolute Gasteiger partial charge is 0.280 e. The Kier molecular flexibility index (Phi) is 6.57. The highest BCUT2D eigenvalue weighted by molar-refractivity contribution is 7.89. The lowest BCUT2D eigenvalue weighted by Gasteiger charge is -2.04. The molecule has 0 spiro atoms. The fraction of sp³-hybridized carbons (Fsp3) is 0.0435. The molecule has 168 valence electrons. The van der Waals surface area contributed by atoms with Gasteiger partial charge in [-0.3, -0.25) is 4.79 Å². The summed E-state index contributed by atoms with van der Waals surface area (Å²) in [5.41, 5.74) is 2.63. The molecule has 0 radical (unpaired) electrons. The summed E-state index contributed by atoms with van der Waals surface area (Å²) in [7, 11) is -3.84. The van der Waals surface area contributed by atoms with Crippen molar-refractivity contribution in [3.8, 4) is 21.7 Å². The monoisotopic (exact) mass is 501 g/mol. The summed E-state index contributed by atoms with van der Waals surface area (Å²) in [5, 5.41) is 8.83. The SMILES string of the molecule is NS(=O)(=O)c1ccc(-c2sc(C(=O)NCc3ccc(Cl)cc3)nc2-c2ccc(F)cc2)cc1. The van der Waals surface area contributed by atoms with Gasteiger partial charge in [0, 0.05) is 17.1 Å². The predicted octanol–water partition coefficient (Wildman–Crippen LogP) is 4.85. The minimum atomic E-state index is -3.84. The number of rotatable bonds is 6. The van der Waals surface area contributed by atoms with Crippen LogP contribution >= 0.6 is 22.9 Å². The number of halogens is 2. The Morgan fingerprint density at radius 1 is 0.970 bits per heavy atom. The van der Waals surface area contributed by atoms with Gasteiger partial charge in [0.2, 0.25) is 10.0 Å². The summed E-state index contributed by atoms with van der Waals surface area (Å²) in [6, 6.07) is 18.8. The van der Waals surface area contributed by atoms with Crippen LogP contribution in [0.25, 0.3) is 21.7 Å². The molecule has 0 bridgehead atoms. The van der Waals surface area contributed by atoms with Gasteiger partial charge >= 0.3 is 0 Å². The normalized spacial score (nSPS) is 11.4. The molecule has 3 aromatic carbocycles. The zero-order valence-corrected chi connectivity index (χ0v) is 19.3. The Morgan fingerprint density at radius 3 is 2.18 bits per heavy atom. The van der Waals surface area contributed by atoms with E-state index in [4.69, 9.17) is 16.7 Å². The summed E-state index contributed by atoms with van der Waals surface area (Å²) in [6.07, 6.45) is 0. The van der Waals surface area contributed by atoms with E-state index in [9.17, 15) is 17.6 Å². The van der Waals surface area contributed by atoms with E-state index < -0.39 is 15.8 Å². The first-order valence-corrected chi connectivity index (χ1v) is 12.4. The summed E-state index contributed by atoms with van der Waals surface area (Å²) in [6.45, 7) is 0.292. The van der Waals surface area contributed by atoms with Gasteiger partial charge in [0.1, 0.15) is 5.82 Å². The standard InChI is InChI=1S/C23H17ClFN3O3S2/c24-17-7-1-14(2-8-17)13-27-22(29)23-28-20(15-3-9-18(25)10-4-15)21(32-23)16-5-11-19(12-6-16)33(26,30)31/h1-12H,13H2,(H,27,29)(H2,26,30,31). The second kappa shape index (κ2) is 9.40. The van der Waals surface area contributed by atoms with Crippen molar-refractivity contribution >= 4 is 38.9 Å². The zero-order valence-electron chi connectivity index (χ0n) is 17.0. The van der Waals surface area contributed by atoms with Crippen molar-refractivity contribution < 1.29 is 17.6 Å². The molecular weight excluding hydrogens is 485 g/mol. The number of benzene rings is 3. The van der Waals surface area contributed by atoms with E-state index in [1.807, 2.05) is 12.1 Å². The minimum absolute atomic E-state index is 0.0278. The quantitative estimate of drug-likeness (QED) is 0.394. The zero-order chi connectivity index (χ0) is 23.6. The van der Waals surface area contributed by atoms with Crippen molar-refractivity contribution in [2.75, 3.05) is 0 Å². The third-order valence-electron chi connectivity index (χ3n) is 4.75. The van der Waals surface area contributed by atoms with Gasteiger partial charge in [-0.2, -0.15) is 0 Å². The molecule has 1 aromatic heterocycles. The molecule has 0 aliphatic rings. The number of nitrogens with two attached hydrogens (primary N) is 1. The van der Waals surface area contributed by atoms with Crippen LogP contribution in [-0.2, 0) is 16.6 Å². The molecule has 0 saturated carbocycles. The van der Waals surface area contributed by atoms with Crippen LogP contribution in [0.3, 0.4) is 0 Å². The van der Waals surface area contributed by atoms with E-state index in [0.29, 0.717) is 33.3 Å². The Morgan fingerprint density at radius 2 is 1.58 bits per heavy atom. The molecule has 0 saturated heterocycles. The molecule has 10 heteroatoms. The van der Waals surface area contributed by atoms with Crippen LogP contribution in [0.4, 0.5) is 4.39 Å². The highest BCUT2D eigenvalue weighted by atomic mass is 35.5. The van der Waals surface area contributed by atoms with Gasteiger partial charge < -0.3 is 5.32 Å². The summed E-state index contributed by atoms with van der Waals surface area (Å²) in [4.78, 5) is 17.9. The molecule has 0 atom stereocenters. The van der Waals surface area contributed by atoms with E-state index in [-0.39, 0.29) is 15.8 Å². The number of hydrogen-bond donors (Lipinski definition) is 2. The number of nitrogens with zero attached hydrogens (tertiary/aromatic N) is 1. The molecule has 3 N–H and O–H groups in total. The number of carbonyl (C=O) groups is 1. The third-order valence-corrected chi connectivity index (χ3v) is 7.03. The van der Waals surface area contributed by atoms with Crippen LogP contribution in [0.5, 0.6) is 0 Å². The van der Waals surface area contributed by atoms with E-state index >= 15 is 0 Å². The van der Waals surface area contributed by atoms with Crippen LogP contribution in [-0.4, -0.2) is 19.3 Å². The molecule has 33 heavy (non-hydrogen) atoms. The lowest BCUT2D eigenvalue weighted by molar-refractivity contribution is 0.0950. The topological polar surface area (TPSA) is 102 Å². The number of aromatic nitrogens is 1. The maximum atomic E-state index is 13.4. The van der Waals surface area contributed by atoms with Crippen molar-refractivity contribution in [1.82, 2.24) is 10.3 Å². The molecule has 1 amide bonds. The Hall–Kier alpha value is -3.11. The van der Waals surface area contributed by atoms with Gasteiger partial charge in [-0.1, -0.05) is 35.9 Å². The van der Waals surface area contributed by atoms with E-state index in [1.165, 1.54) is 24.3 Å². The van der Waals surface area contributed by atoms with Crippen molar-refractivity contribution in [2.45, 2.75) is 11.4 Å². The first-order chi connectivity index (χ1) is 15.7. The number of sulfonamides is 1. The predicted molar refractivity (Wildman–Crippen MR) is 127 cm³/mol. The summed E-state index contributed by atoms with van der Waals surface area (Å²) in [5.74, 6) is -0.764. The highest BCUT2D eigenvalue weighted by Crippen LogP contribution is 2.37. The molecule has 0 aliphatic carbocycles. The molecule has 0 fully saturated rings. The molecule has 0 aliphatic heterocycles. The van der Waals surface area contributed by atoms with Crippen molar-refractivity contribution in [1.29, 1.82) is 0 Å². The first kappa shape index (κ1) is 23.1. The van der Waals surface area contributed by atoms with Crippen LogP contribution in [0.1, 0.15) is 15.4 Å². The Balaban J connectivity index is 1.68. The summed E-state index contributed by atoms with van der Waals surface area (Å²) < 4.78 is 36.6. The van der Waals surface area contributed by atoms with Crippen molar-refractivity contribution in [3.05, 3.63) is 94.2 Å². The third kappa shape index (κ3) is 5.45. The average Bonchev–Trinajstić information content (AvgIpc) is 3.24. The van der Waals surface area contributed by atoms with Crippen molar-refractivity contribution in [3.63, 3.8) is 0 Å². The minimum Gasteiger partial charge on any atom is -0.346 e. The maximum absolute atomic E-state index is 13.4. The lowest BCUT2D eigenvalue weighted by Crippen LogP contribution is -2.22. The second-order valence-corrected chi connectivity index (χ2v) is 10.1. The van der Waals surface area contributed by atoms with Gasteiger partial charge in [0.25, 0.3) is 5.91 Å². The van der Waals surface area contributed by atoms with Gasteiger partial charge in [-0.15, -0.1) is 11.3 Å². The summed E-state index contributed by atoms with van der Waals surface area (Å²) >= 11 is 7.04. The van der Waals surface area contributed by atoms with Gasteiger partial charge in [-0.25, -0.2) is 22.9 Å². The maximum Gasteiger partial charge on any atom is 0.280 e. The second-order valence-electron chi connectivity index (χ2n) is 7.08. The number of primary sulfonamides is 1. The number of amides is 1. The first-order valence-electron chi connectivity index (χ1n) is 9.63. The van der Waals surface area contributed by atoms with Crippen molar-refractivity contribution in [2.24, 2.45) is 5.14 Å². The molecule has 4 rings (SSSR count). The Labute approximate surface area is 198 Å². The van der Waals surface area contributed by atoms with Crippen LogP contribution in [0, 0.1) is 5.82 Å². The molecule has 1 heterocycles. The van der Waals surface area contributed by atoms with Gasteiger partial charge in [0.15, 0.2) is 5.01 Å². The van der Waals surface area contributed by atoms with E-state index in [1.54, 1.807) is 36.4 Å².